The second kappa shape index (κ2) is 8.86. The summed E-state index contributed by atoms with van der Waals surface area (Å²) >= 11 is 0. The van der Waals surface area contributed by atoms with Gasteiger partial charge in [0.1, 0.15) is 6.29 Å². The average molecular weight is 328 g/mol. The number of allylic oxidation sites excluding steroid dienone is 1. The predicted molar refractivity (Wildman–Crippen MR) is 88.9 cm³/mol. The lowest BCUT2D eigenvalue weighted by molar-refractivity contribution is -0.120. The standard InChI is InChI=1S/C17H20N4O3/c1-12(23)19-17-15(7-14(9-22)8-16(17)20-21-18)11-24-10-13-5-3-2-4-6-13/h2-6,8-9,15-17H,7,10-11H2,1H3,(H,19,23)/t15-,16-,17-/m0/s1. The van der Waals surface area contributed by atoms with Crippen molar-refractivity contribution in [1.29, 1.82) is 0 Å². The van der Waals surface area contributed by atoms with E-state index in [9.17, 15) is 9.59 Å². The van der Waals surface area contributed by atoms with Crippen molar-refractivity contribution in [3.05, 3.63) is 58.0 Å². The Hall–Kier alpha value is -2.63. The number of rotatable bonds is 7. The van der Waals surface area contributed by atoms with E-state index in [4.69, 9.17) is 10.3 Å². The molecule has 0 fully saturated rings. The van der Waals surface area contributed by atoms with Crippen molar-refractivity contribution in [1.82, 2.24) is 5.32 Å². The number of hydrogen-bond acceptors (Lipinski definition) is 4. The van der Waals surface area contributed by atoms with Gasteiger partial charge >= 0.3 is 0 Å². The third kappa shape index (κ3) is 4.94. The minimum absolute atomic E-state index is 0.140. The van der Waals surface area contributed by atoms with Crippen LogP contribution >= 0.6 is 0 Å². The zero-order chi connectivity index (χ0) is 17.4. The molecule has 0 saturated heterocycles. The molecule has 0 radical (unpaired) electrons. The van der Waals surface area contributed by atoms with Crippen LogP contribution in [0, 0.1) is 5.92 Å². The lowest BCUT2D eigenvalue weighted by Crippen LogP contribution is -2.49. The summed E-state index contributed by atoms with van der Waals surface area (Å²) in [5, 5.41) is 6.52. The van der Waals surface area contributed by atoms with E-state index in [0.29, 0.717) is 25.2 Å². The van der Waals surface area contributed by atoms with Gasteiger partial charge in [-0.15, -0.1) is 0 Å². The van der Waals surface area contributed by atoms with Crippen LogP contribution in [-0.2, 0) is 20.9 Å². The molecule has 7 heteroatoms. The van der Waals surface area contributed by atoms with Crippen LogP contribution in [0.4, 0.5) is 0 Å². The van der Waals surface area contributed by atoms with Gasteiger partial charge in [0.25, 0.3) is 0 Å². The molecule has 1 aromatic rings. The number of benzene rings is 1. The van der Waals surface area contributed by atoms with Crippen LogP contribution < -0.4 is 5.32 Å². The highest BCUT2D eigenvalue weighted by Gasteiger charge is 2.33. The van der Waals surface area contributed by atoms with E-state index in [1.165, 1.54) is 6.92 Å². The Kier molecular flexibility index (Phi) is 6.54. The molecule has 1 aromatic carbocycles. The Morgan fingerprint density at radius 2 is 2.21 bits per heavy atom. The number of nitrogens with one attached hydrogen (secondary N) is 1. The summed E-state index contributed by atoms with van der Waals surface area (Å²) < 4.78 is 5.76. The summed E-state index contributed by atoms with van der Waals surface area (Å²) in [7, 11) is 0. The molecule has 1 aliphatic rings. The second-order valence-electron chi connectivity index (χ2n) is 5.75. The highest BCUT2D eigenvalue weighted by atomic mass is 16.5. The van der Waals surface area contributed by atoms with Crippen molar-refractivity contribution in [3.8, 4) is 0 Å². The first-order chi connectivity index (χ1) is 11.6. The Bertz CT molecular complexity index is 653. The maximum absolute atomic E-state index is 11.5. The molecule has 0 unspecified atom stereocenters. The second-order valence-corrected chi connectivity index (χ2v) is 5.75. The number of nitrogens with zero attached hydrogens (tertiary/aromatic N) is 3. The molecule has 0 saturated carbocycles. The lowest BCUT2D eigenvalue weighted by Gasteiger charge is -2.34. The average Bonchev–Trinajstić information content (AvgIpc) is 2.58. The fourth-order valence-electron chi connectivity index (χ4n) is 2.85. The number of aldehydes is 1. The van der Waals surface area contributed by atoms with Gasteiger partial charge in [0.2, 0.25) is 5.91 Å². The van der Waals surface area contributed by atoms with Crippen molar-refractivity contribution in [3.63, 3.8) is 0 Å². The molecule has 24 heavy (non-hydrogen) atoms. The summed E-state index contributed by atoms with van der Waals surface area (Å²) in [6.07, 6.45) is 2.84. The summed E-state index contributed by atoms with van der Waals surface area (Å²) in [4.78, 5) is 25.4. The molecule has 0 spiro atoms. The van der Waals surface area contributed by atoms with Gasteiger partial charge in [0.15, 0.2) is 0 Å². The molecule has 7 nitrogen and oxygen atoms in total. The molecular formula is C17H20N4O3. The van der Waals surface area contributed by atoms with E-state index in [1.807, 2.05) is 30.3 Å². The molecule has 1 aliphatic carbocycles. The number of amides is 1. The van der Waals surface area contributed by atoms with Crippen molar-refractivity contribution in [2.24, 2.45) is 11.0 Å². The van der Waals surface area contributed by atoms with Crippen LogP contribution in [0.1, 0.15) is 18.9 Å². The van der Waals surface area contributed by atoms with Gasteiger partial charge < -0.3 is 10.1 Å². The third-order valence-electron chi connectivity index (χ3n) is 3.91. The van der Waals surface area contributed by atoms with Gasteiger partial charge in [-0.1, -0.05) is 41.5 Å². The molecule has 126 valence electrons. The van der Waals surface area contributed by atoms with Crippen LogP contribution in [-0.4, -0.2) is 30.9 Å². The summed E-state index contributed by atoms with van der Waals surface area (Å²) in [5.41, 5.74) is 10.3. The van der Waals surface area contributed by atoms with E-state index < -0.39 is 12.1 Å². The molecule has 0 aromatic heterocycles. The Morgan fingerprint density at radius 1 is 1.46 bits per heavy atom. The zero-order valence-corrected chi connectivity index (χ0v) is 13.5. The summed E-state index contributed by atoms with van der Waals surface area (Å²) in [6, 6.07) is 8.74. The molecule has 3 atom stereocenters. The van der Waals surface area contributed by atoms with Gasteiger partial charge in [-0.3, -0.25) is 9.59 Å². The number of carbonyl (C=O) groups excluding carboxylic acids is 2. The SMILES string of the molecule is CC(=O)N[C@H]1[C@H](COCc2ccccc2)CC(C=O)=C[C@@H]1N=[N+]=[N-]. The van der Waals surface area contributed by atoms with Crippen LogP contribution in [0.25, 0.3) is 10.4 Å². The summed E-state index contributed by atoms with van der Waals surface area (Å²) in [5.74, 6) is -0.354. The van der Waals surface area contributed by atoms with Crippen molar-refractivity contribution in [2.45, 2.75) is 32.0 Å². The quantitative estimate of drug-likeness (QED) is 0.360. The molecule has 2 rings (SSSR count). The fourth-order valence-corrected chi connectivity index (χ4v) is 2.85. The van der Waals surface area contributed by atoms with Gasteiger partial charge in [0.05, 0.1) is 19.3 Å². The maximum Gasteiger partial charge on any atom is 0.217 e. The van der Waals surface area contributed by atoms with Crippen LogP contribution in [0.15, 0.2) is 47.1 Å². The van der Waals surface area contributed by atoms with Crippen LogP contribution in [0.2, 0.25) is 0 Å². The van der Waals surface area contributed by atoms with Gasteiger partial charge in [-0.2, -0.15) is 0 Å². The number of carbonyl (C=O) groups is 2. The van der Waals surface area contributed by atoms with E-state index in [1.54, 1.807) is 6.08 Å². The molecule has 0 aliphatic heterocycles. The predicted octanol–water partition coefficient (Wildman–Crippen LogP) is 2.53. The van der Waals surface area contributed by atoms with Crippen molar-refractivity contribution in [2.75, 3.05) is 6.61 Å². The van der Waals surface area contributed by atoms with Crippen molar-refractivity contribution >= 4 is 12.2 Å². The van der Waals surface area contributed by atoms with Crippen LogP contribution in [0.3, 0.4) is 0 Å². The largest absolute Gasteiger partial charge is 0.376 e. The topological polar surface area (TPSA) is 104 Å². The van der Waals surface area contributed by atoms with Crippen molar-refractivity contribution < 1.29 is 14.3 Å². The zero-order valence-electron chi connectivity index (χ0n) is 13.5. The Labute approximate surface area is 140 Å². The fraction of sp³-hybridized carbons (Fsp3) is 0.412. The van der Waals surface area contributed by atoms with E-state index in [0.717, 1.165) is 11.8 Å². The minimum Gasteiger partial charge on any atom is -0.376 e. The van der Waals surface area contributed by atoms with E-state index in [-0.39, 0.29) is 11.8 Å². The molecule has 1 N–H and O–H groups in total. The molecule has 0 bridgehead atoms. The number of azide groups is 1. The third-order valence-corrected chi connectivity index (χ3v) is 3.91. The van der Waals surface area contributed by atoms with Crippen LogP contribution in [0.5, 0.6) is 0 Å². The first kappa shape index (κ1) is 17.7. The lowest BCUT2D eigenvalue weighted by atomic mass is 9.82. The normalized spacial score (nSPS) is 22.9. The highest BCUT2D eigenvalue weighted by molar-refractivity contribution is 5.75. The molecule has 1 amide bonds. The smallest absolute Gasteiger partial charge is 0.217 e. The maximum atomic E-state index is 11.5. The van der Waals surface area contributed by atoms with Gasteiger partial charge in [-0.05, 0) is 23.1 Å². The number of hydrogen-bond donors (Lipinski definition) is 1. The van der Waals surface area contributed by atoms with E-state index in [2.05, 4.69) is 15.3 Å². The highest BCUT2D eigenvalue weighted by Crippen LogP contribution is 2.27. The van der Waals surface area contributed by atoms with Gasteiger partial charge in [-0.25, -0.2) is 0 Å². The number of ether oxygens (including phenoxy) is 1. The Morgan fingerprint density at radius 3 is 2.83 bits per heavy atom. The summed E-state index contributed by atoms with van der Waals surface area (Å²) in [6.45, 7) is 2.20. The molecule has 0 heterocycles. The van der Waals surface area contributed by atoms with E-state index >= 15 is 0 Å². The monoisotopic (exact) mass is 328 g/mol. The first-order valence-electron chi connectivity index (χ1n) is 7.73. The van der Waals surface area contributed by atoms with Gasteiger partial charge in [0, 0.05) is 23.8 Å². The minimum atomic E-state index is -0.599. The first-order valence-corrected chi connectivity index (χ1v) is 7.73. The molecular weight excluding hydrogens is 308 g/mol. The Balaban J connectivity index is 2.08.